The molecule has 0 saturated carbocycles. The first-order valence-electron chi connectivity index (χ1n) is 6.26. The number of hydrogen-bond acceptors (Lipinski definition) is 2. The summed E-state index contributed by atoms with van der Waals surface area (Å²) < 4.78 is 1.87. The molecule has 0 N–H and O–H groups in total. The fourth-order valence-corrected chi connectivity index (χ4v) is 3.04. The molecule has 0 aliphatic heterocycles. The molecule has 0 spiro atoms. The molecule has 0 atom stereocenters. The second kappa shape index (κ2) is 4.74. The highest BCUT2D eigenvalue weighted by molar-refractivity contribution is 7.98. The number of hydrogen-bond donors (Lipinski definition) is 0. The van der Waals surface area contributed by atoms with Gasteiger partial charge < -0.3 is 0 Å². The first-order valence-corrected chi connectivity index (χ1v) is 7.49. The van der Waals surface area contributed by atoms with E-state index in [0.29, 0.717) is 0 Å². The Bertz CT molecular complexity index is 744. The first-order chi connectivity index (χ1) is 9.19. The fourth-order valence-electron chi connectivity index (χ4n) is 2.46. The molecule has 0 saturated heterocycles. The molecule has 3 aromatic rings. The standard InChI is InChI=1S/C16H16N2S/c1-11-9-12(7-8-16(11)19-3)13-5-4-6-15-14(13)10-18(2)17-15/h4-10H,1-3H3. The molecular weight excluding hydrogens is 252 g/mol. The van der Waals surface area contributed by atoms with Crippen molar-refractivity contribution in [1.82, 2.24) is 9.78 Å². The minimum absolute atomic E-state index is 1.05. The highest BCUT2D eigenvalue weighted by Gasteiger charge is 2.07. The predicted molar refractivity (Wildman–Crippen MR) is 82.7 cm³/mol. The highest BCUT2D eigenvalue weighted by Crippen LogP contribution is 2.31. The normalized spacial score (nSPS) is 11.1. The van der Waals surface area contributed by atoms with Crippen LogP contribution in [0.3, 0.4) is 0 Å². The second-order valence-corrected chi connectivity index (χ2v) is 5.57. The van der Waals surface area contributed by atoms with Crippen LogP contribution < -0.4 is 0 Å². The van der Waals surface area contributed by atoms with Gasteiger partial charge in [-0.3, -0.25) is 4.68 Å². The SMILES string of the molecule is CSc1ccc(-c2cccc3nn(C)cc23)cc1C. The van der Waals surface area contributed by atoms with E-state index in [1.807, 2.05) is 11.7 Å². The van der Waals surface area contributed by atoms with Crippen molar-refractivity contribution in [3.63, 3.8) is 0 Å². The molecule has 1 aromatic heterocycles. The van der Waals surface area contributed by atoms with Crippen molar-refractivity contribution < 1.29 is 0 Å². The summed E-state index contributed by atoms with van der Waals surface area (Å²) in [5, 5.41) is 5.68. The maximum absolute atomic E-state index is 4.47. The number of thioether (sulfide) groups is 1. The third-order valence-electron chi connectivity index (χ3n) is 3.37. The van der Waals surface area contributed by atoms with E-state index in [1.54, 1.807) is 11.8 Å². The minimum Gasteiger partial charge on any atom is -0.275 e. The molecular formula is C16H16N2S. The lowest BCUT2D eigenvalue weighted by Gasteiger charge is -2.07. The van der Waals surface area contributed by atoms with Crippen LogP contribution in [0.15, 0.2) is 47.5 Å². The molecule has 0 fully saturated rings. The molecule has 19 heavy (non-hydrogen) atoms. The van der Waals surface area contributed by atoms with Gasteiger partial charge in [-0.2, -0.15) is 5.10 Å². The zero-order valence-corrected chi connectivity index (χ0v) is 12.2. The lowest BCUT2D eigenvalue weighted by atomic mass is 10.0. The van der Waals surface area contributed by atoms with Crippen molar-refractivity contribution >= 4 is 22.7 Å². The van der Waals surface area contributed by atoms with Crippen LogP contribution in [0.4, 0.5) is 0 Å². The molecule has 0 aliphatic carbocycles. The van der Waals surface area contributed by atoms with Gasteiger partial charge in [0.05, 0.1) is 5.52 Å². The predicted octanol–water partition coefficient (Wildman–Crippen LogP) is 4.27. The lowest BCUT2D eigenvalue weighted by molar-refractivity contribution is 0.780. The summed E-state index contributed by atoms with van der Waals surface area (Å²) >= 11 is 1.79. The average molecular weight is 268 g/mol. The second-order valence-electron chi connectivity index (χ2n) is 4.73. The van der Waals surface area contributed by atoms with E-state index in [0.717, 1.165) is 5.52 Å². The van der Waals surface area contributed by atoms with Gasteiger partial charge >= 0.3 is 0 Å². The molecule has 0 bridgehead atoms. The fraction of sp³-hybridized carbons (Fsp3) is 0.188. The van der Waals surface area contributed by atoms with Gasteiger partial charge in [-0.15, -0.1) is 11.8 Å². The third-order valence-corrected chi connectivity index (χ3v) is 4.27. The number of aromatic nitrogens is 2. The van der Waals surface area contributed by atoms with E-state index in [-0.39, 0.29) is 0 Å². The molecule has 0 aliphatic rings. The van der Waals surface area contributed by atoms with E-state index in [4.69, 9.17) is 0 Å². The first kappa shape index (κ1) is 12.3. The maximum atomic E-state index is 4.47. The van der Waals surface area contributed by atoms with Crippen LogP contribution in [0, 0.1) is 6.92 Å². The summed E-state index contributed by atoms with van der Waals surface area (Å²) in [6.07, 6.45) is 4.20. The van der Waals surface area contributed by atoms with Gasteiger partial charge in [0.15, 0.2) is 0 Å². The van der Waals surface area contributed by atoms with Crippen LogP contribution in [0.5, 0.6) is 0 Å². The van der Waals surface area contributed by atoms with Gasteiger partial charge in [-0.05, 0) is 42.0 Å². The zero-order valence-electron chi connectivity index (χ0n) is 11.3. The highest BCUT2D eigenvalue weighted by atomic mass is 32.2. The Balaban J connectivity index is 2.21. The molecule has 0 amide bonds. The Kier molecular flexibility index (Phi) is 3.07. The van der Waals surface area contributed by atoms with Gasteiger partial charge in [0.25, 0.3) is 0 Å². The van der Waals surface area contributed by atoms with Crippen molar-refractivity contribution in [2.24, 2.45) is 7.05 Å². The minimum atomic E-state index is 1.05. The number of nitrogens with zero attached hydrogens (tertiary/aromatic N) is 2. The molecule has 2 aromatic carbocycles. The van der Waals surface area contributed by atoms with Crippen LogP contribution in [0.2, 0.25) is 0 Å². The maximum Gasteiger partial charge on any atom is 0.0929 e. The van der Waals surface area contributed by atoms with E-state index in [2.05, 4.69) is 60.9 Å². The molecule has 3 rings (SSSR count). The van der Waals surface area contributed by atoms with Gasteiger partial charge in [-0.1, -0.05) is 24.3 Å². The quantitative estimate of drug-likeness (QED) is 0.646. The molecule has 2 nitrogen and oxygen atoms in total. The summed E-state index contributed by atoms with van der Waals surface area (Å²) in [7, 11) is 1.96. The summed E-state index contributed by atoms with van der Waals surface area (Å²) in [5.74, 6) is 0. The van der Waals surface area contributed by atoms with Crippen molar-refractivity contribution in [2.45, 2.75) is 11.8 Å². The van der Waals surface area contributed by atoms with Crippen LogP contribution in [0.25, 0.3) is 22.0 Å². The van der Waals surface area contributed by atoms with Gasteiger partial charge in [-0.25, -0.2) is 0 Å². The average Bonchev–Trinajstić information content (AvgIpc) is 2.78. The molecule has 1 heterocycles. The van der Waals surface area contributed by atoms with Gasteiger partial charge in [0.1, 0.15) is 0 Å². The number of rotatable bonds is 2. The van der Waals surface area contributed by atoms with Crippen LogP contribution in [-0.4, -0.2) is 16.0 Å². The molecule has 96 valence electrons. The Morgan fingerprint density at radius 1 is 1.16 bits per heavy atom. The zero-order chi connectivity index (χ0) is 13.4. The Morgan fingerprint density at radius 3 is 2.74 bits per heavy atom. The number of fused-ring (bicyclic) bond motifs is 1. The Morgan fingerprint density at radius 2 is 2.00 bits per heavy atom. The van der Waals surface area contributed by atoms with Gasteiger partial charge in [0.2, 0.25) is 0 Å². The van der Waals surface area contributed by atoms with E-state index < -0.39 is 0 Å². The van der Waals surface area contributed by atoms with Crippen molar-refractivity contribution in [1.29, 1.82) is 0 Å². The van der Waals surface area contributed by atoms with Crippen molar-refractivity contribution in [2.75, 3.05) is 6.26 Å². The molecule has 0 radical (unpaired) electrons. The van der Waals surface area contributed by atoms with Gasteiger partial charge in [0, 0.05) is 23.5 Å². The summed E-state index contributed by atoms with van der Waals surface area (Å²) in [6, 6.07) is 12.9. The molecule has 0 unspecified atom stereocenters. The largest absolute Gasteiger partial charge is 0.275 e. The Hall–Kier alpha value is -1.74. The smallest absolute Gasteiger partial charge is 0.0929 e. The summed E-state index contributed by atoms with van der Waals surface area (Å²) in [4.78, 5) is 1.34. The van der Waals surface area contributed by atoms with Crippen LogP contribution >= 0.6 is 11.8 Å². The third kappa shape index (κ3) is 2.15. The van der Waals surface area contributed by atoms with E-state index in [1.165, 1.54) is 27.0 Å². The monoisotopic (exact) mass is 268 g/mol. The van der Waals surface area contributed by atoms with E-state index >= 15 is 0 Å². The summed E-state index contributed by atoms with van der Waals surface area (Å²) in [5.41, 5.74) is 4.88. The van der Waals surface area contributed by atoms with Crippen molar-refractivity contribution in [3.8, 4) is 11.1 Å². The number of benzene rings is 2. The lowest BCUT2D eigenvalue weighted by Crippen LogP contribution is -1.84. The van der Waals surface area contributed by atoms with Crippen LogP contribution in [0.1, 0.15) is 5.56 Å². The molecule has 3 heteroatoms. The number of aryl methyl sites for hydroxylation is 2. The topological polar surface area (TPSA) is 17.8 Å². The summed E-state index contributed by atoms with van der Waals surface area (Å²) in [6.45, 7) is 2.17. The van der Waals surface area contributed by atoms with Crippen LogP contribution in [-0.2, 0) is 7.05 Å². The van der Waals surface area contributed by atoms with E-state index in [9.17, 15) is 0 Å². The Labute approximate surface area is 117 Å². The van der Waals surface area contributed by atoms with Crippen molar-refractivity contribution in [3.05, 3.63) is 48.2 Å².